The van der Waals surface area contributed by atoms with E-state index in [9.17, 15) is 13.2 Å². The standard InChI is InChI=1S/C24H22F3N5O/c1-16-14-30-23(31-9-11-33-12-10-31)32(21-7-6-19(15-29-21)24(25,26)27)22(16)18-5-4-17-3-2-8-28-20(17)13-18/h2-8,13-15,23H,9-12H2,1H3. The lowest BCUT2D eigenvalue weighted by molar-refractivity contribution is -0.137. The first-order valence-electron chi connectivity index (χ1n) is 10.7. The molecule has 0 saturated carbocycles. The molecule has 1 aromatic carbocycles. The second kappa shape index (κ2) is 8.57. The Labute approximate surface area is 189 Å². The summed E-state index contributed by atoms with van der Waals surface area (Å²) in [5.74, 6) is 0.395. The number of alkyl halides is 3. The number of morpholine rings is 1. The van der Waals surface area contributed by atoms with Crippen molar-refractivity contribution >= 4 is 28.6 Å². The zero-order valence-electron chi connectivity index (χ0n) is 18.0. The highest BCUT2D eigenvalue weighted by Gasteiger charge is 2.35. The average molecular weight is 453 g/mol. The maximum Gasteiger partial charge on any atom is 0.417 e. The van der Waals surface area contributed by atoms with Gasteiger partial charge in [0, 0.05) is 42.6 Å². The summed E-state index contributed by atoms with van der Waals surface area (Å²) in [5.41, 5.74) is 2.66. The number of fused-ring (bicyclic) bond motifs is 1. The molecule has 5 rings (SSSR count). The highest BCUT2D eigenvalue weighted by atomic mass is 19.4. The Morgan fingerprint density at radius 1 is 1.03 bits per heavy atom. The smallest absolute Gasteiger partial charge is 0.379 e. The fraction of sp³-hybridized carbons (Fsp3) is 0.292. The van der Waals surface area contributed by atoms with Crippen molar-refractivity contribution < 1.29 is 17.9 Å². The minimum Gasteiger partial charge on any atom is -0.379 e. The molecular weight excluding hydrogens is 431 g/mol. The van der Waals surface area contributed by atoms with Gasteiger partial charge in [-0.15, -0.1) is 0 Å². The summed E-state index contributed by atoms with van der Waals surface area (Å²) in [6.45, 7) is 4.39. The quantitative estimate of drug-likeness (QED) is 0.581. The molecule has 1 fully saturated rings. The van der Waals surface area contributed by atoms with Gasteiger partial charge in [-0.25, -0.2) is 4.98 Å². The Bertz CT molecular complexity index is 1220. The number of aliphatic imine (C=N–C) groups is 1. The van der Waals surface area contributed by atoms with Crippen LogP contribution in [0.15, 0.2) is 65.4 Å². The molecule has 1 saturated heterocycles. The van der Waals surface area contributed by atoms with E-state index in [1.165, 1.54) is 6.07 Å². The van der Waals surface area contributed by atoms with Crippen molar-refractivity contribution in [3.8, 4) is 0 Å². The van der Waals surface area contributed by atoms with Crippen LogP contribution < -0.4 is 4.90 Å². The van der Waals surface area contributed by atoms with E-state index in [-0.39, 0.29) is 0 Å². The third kappa shape index (κ3) is 4.21. The monoisotopic (exact) mass is 453 g/mol. The van der Waals surface area contributed by atoms with E-state index >= 15 is 0 Å². The minimum absolute atomic E-state index is 0.395. The molecule has 0 amide bonds. The molecule has 6 nitrogen and oxygen atoms in total. The van der Waals surface area contributed by atoms with Crippen LogP contribution in [0.25, 0.3) is 16.6 Å². The van der Waals surface area contributed by atoms with Crippen LogP contribution >= 0.6 is 0 Å². The highest BCUT2D eigenvalue weighted by Crippen LogP contribution is 2.36. The van der Waals surface area contributed by atoms with Crippen molar-refractivity contribution in [2.45, 2.75) is 19.4 Å². The van der Waals surface area contributed by atoms with Crippen LogP contribution in [0.1, 0.15) is 18.1 Å². The van der Waals surface area contributed by atoms with Crippen LogP contribution in [-0.2, 0) is 10.9 Å². The van der Waals surface area contributed by atoms with Gasteiger partial charge in [0.05, 0.1) is 30.0 Å². The summed E-state index contributed by atoms with van der Waals surface area (Å²) in [4.78, 5) is 17.5. The number of allylic oxidation sites excluding steroid dienone is 1. The molecule has 2 aliphatic rings. The molecular formula is C24H22F3N5O. The summed E-state index contributed by atoms with van der Waals surface area (Å²) in [6, 6.07) is 12.3. The van der Waals surface area contributed by atoms with Gasteiger partial charge in [-0.05, 0) is 36.8 Å². The molecule has 2 aliphatic heterocycles. The molecule has 3 aromatic rings. The molecule has 170 valence electrons. The van der Waals surface area contributed by atoms with Gasteiger partial charge in [-0.2, -0.15) is 13.2 Å². The third-order valence-corrected chi connectivity index (χ3v) is 5.82. The van der Waals surface area contributed by atoms with Gasteiger partial charge in [0.1, 0.15) is 5.82 Å². The maximum absolute atomic E-state index is 13.2. The molecule has 9 heteroatoms. The molecule has 0 N–H and O–H groups in total. The van der Waals surface area contributed by atoms with Gasteiger partial charge in [-0.3, -0.25) is 19.8 Å². The van der Waals surface area contributed by atoms with Gasteiger partial charge in [0.25, 0.3) is 0 Å². The zero-order chi connectivity index (χ0) is 23.0. The van der Waals surface area contributed by atoms with E-state index in [4.69, 9.17) is 9.73 Å². The number of pyridine rings is 2. The lowest BCUT2D eigenvalue weighted by atomic mass is 10.0. The molecule has 0 aliphatic carbocycles. The van der Waals surface area contributed by atoms with Gasteiger partial charge >= 0.3 is 6.18 Å². The average Bonchev–Trinajstić information content (AvgIpc) is 2.83. The van der Waals surface area contributed by atoms with Crippen molar-refractivity contribution in [2.75, 3.05) is 31.2 Å². The van der Waals surface area contributed by atoms with Crippen LogP contribution in [0, 0.1) is 0 Å². The lowest BCUT2D eigenvalue weighted by Crippen LogP contribution is -2.52. The van der Waals surface area contributed by atoms with Gasteiger partial charge in [0.15, 0.2) is 6.29 Å². The third-order valence-electron chi connectivity index (χ3n) is 5.82. The van der Waals surface area contributed by atoms with E-state index in [1.807, 2.05) is 48.4 Å². The van der Waals surface area contributed by atoms with Crippen molar-refractivity contribution in [1.82, 2.24) is 14.9 Å². The van der Waals surface area contributed by atoms with Crippen molar-refractivity contribution in [2.24, 2.45) is 4.99 Å². The number of rotatable bonds is 3. The molecule has 1 atom stereocenters. The molecule has 4 heterocycles. The highest BCUT2D eigenvalue weighted by molar-refractivity contribution is 5.98. The largest absolute Gasteiger partial charge is 0.417 e. The van der Waals surface area contributed by atoms with E-state index < -0.39 is 18.0 Å². The molecule has 2 aromatic heterocycles. The van der Waals surface area contributed by atoms with Crippen molar-refractivity contribution in [1.29, 1.82) is 0 Å². The minimum atomic E-state index is -4.45. The SMILES string of the molecule is CC1=C(c2ccc3cccnc3c2)N(c2ccc(C(F)(F)F)cn2)C(N2CCOCC2)N=C1. The van der Waals surface area contributed by atoms with Crippen LogP contribution in [0.3, 0.4) is 0 Å². The first-order valence-corrected chi connectivity index (χ1v) is 10.7. The maximum atomic E-state index is 13.2. The van der Waals surface area contributed by atoms with Gasteiger partial charge in [0.2, 0.25) is 0 Å². The van der Waals surface area contributed by atoms with Crippen molar-refractivity contribution in [3.63, 3.8) is 0 Å². The summed E-state index contributed by atoms with van der Waals surface area (Å²) >= 11 is 0. The second-order valence-corrected chi connectivity index (χ2v) is 7.99. The molecule has 1 unspecified atom stereocenters. The number of nitrogens with zero attached hydrogens (tertiary/aromatic N) is 5. The number of hydrogen-bond acceptors (Lipinski definition) is 6. The fourth-order valence-electron chi connectivity index (χ4n) is 4.19. The predicted molar refractivity (Wildman–Crippen MR) is 121 cm³/mol. The van der Waals surface area contributed by atoms with Gasteiger partial charge < -0.3 is 4.74 Å². The van der Waals surface area contributed by atoms with Crippen molar-refractivity contribution in [3.05, 3.63) is 71.6 Å². The number of ether oxygens (including phenoxy) is 1. The van der Waals surface area contributed by atoms with E-state index in [1.54, 1.807) is 6.20 Å². The van der Waals surface area contributed by atoms with E-state index in [0.717, 1.165) is 40.0 Å². The summed E-state index contributed by atoms with van der Waals surface area (Å²) in [7, 11) is 0. The molecule has 0 bridgehead atoms. The molecule has 0 radical (unpaired) electrons. The van der Waals surface area contributed by atoms with Crippen LogP contribution in [0.4, 0.5) is 19.0 Å². The zero-order valence-corrected chi connectivity index (χ0v) is 18.0. The van der Waals surface area contributed by atoms with Crippen LogP contribution in [0.5, 0.6) is 0 Å². The number of hydrogen-bond donors (Lipinski definition) is 0. The Balaban J connectivity index is 1.63. The molecule has 0 spiro atoms. The number of anilines is 1. The van der Waals surface area contributed by atoms with Gasteiger partial charge in [-0.1, -0.05) is 18.2 Å². The summed E-state index contributed by atoms with van der Waals surface area (Å²) < 4.78 is 45.0. The number of halogens is 3. The Hall–Kier alpha value is -3.30. The number of aromatic nitrogens is 2. The lowest BCUT2D eigenvalue weighted by Gasteiger charge is -2.42. The number of benzene rings is 1. The predicted octanol–water partition coefficient (Wildman–Crippen LogP) is 4.59. The summed E-state index contributed by atoms with van der Waals surface area (Å²) in [6.07, 6.45) is -0.469. The normalized spacial score (nSPS) is 20.0. The van der Waals surface area contributed by atoms with E-state index in [2.05, 4.69) is 14.9 Å². The Morgan fingerprint density at radius 3 is 2.58 bits per heavy atom. The first-order chi connectivity index (χ1) is 15.9. The molecule has 33 heavy (non-hydrogen) atoms. The van der Waals surface area contributed by atoms with E-state index in [0.29, 0.717) is 32.1 Å². The Morgan fingerprint density at radius 2 is 1.85 bits per heavy atom. The summed E-state index contributed by atoms with van der Waals surface area (Å²) in [5, 5.41) is 1.01. The van der Waals surface area contributed by atoms with Crippen LogP contribution in [-0.4, -0.2) is 53.7 Å². The first kappa shape index (κ1) is 21.5. The second-order valence-electron chi connectivity index (χ2n) is 7.99. The Kier molecular flexibility index (Phi) is 5.59. The van der Waals surface area contributed by atoms with Crippen LogP contribution in [0.2, 0.25) is 0 Å². The topological polar surface area (TPSA) is 53.9 Å². The fourth-order valence-corrected chi connectivity index (χ4v) is 4.19.